The summed E-state index contributed by atoms with van der Waals surface area (Å²) in [6.45, 7) is 1.33. The number of ether oxygens (including phenoxy) is 2. The number of pyridine rings is 1. The first-order chi connectivity index (χ1) is 11.3. The second-order valence-corrected chi connectivity index (χ2v) is 5.73. The van der Waals surface area contributed by atoms with Crippen LogP contribution in [0.1, 0.15) is 11.3 Å². The van der Waals surface area contributed by atoms with Gasteiger partial charge in [0.05, 0.1) is 6.10 Å². The zero-order chi connectivity index (χ0) is 16.1. The van der Waals surface area contributed by atoms with Gasteiger partial charge in [0.15, 0.2) is 0 Å². The molecule has 5 heteroatoms. The molecule has 1 aromatic heterocycles. The van der Waals surface area contributed by atoms with Crippen molar-refractivity contribution in [2.75, 3.05) is 31.9 Å². The van der Waals surface area contributed by atoms with Gasteiger partial charge in [-0.15, -0.1) is 0 Å². The molecule has 5 nitrogen and oxygen atoms in total. The molecular formula is C18H22N2O3. The number of aliphatic hydroxyl groups excluding tert-OH is 1. The fraction of sp³-hybridized carbons (Fsp3) is 0.389. The van der Waals surface area contributed by atoms with Crippen LogP contribution in [0.4, 0.5) is 5.82 Å². The monoisotopic (exact) mass is 314 g/mol. The molecule has 0 radical (unpaired) electrons. The summed E-state index contributed by atoms with van der Waals surface area (Å²) in [7, 11) is 1.58. The fourth-order valence-corrected chi connectivity index (χ4v) is 2.81. The first-order valence-electron chi connectivity index (χ1n) is 7.79. The standard InChI is InChI=1S/C18H22N2O3/c1-22-13-23-17-12-20(11-16(17)21)18-9-5-8-15(19-18)10-14-6-3-2-4-7-14/h2-9,16-17,21H,10-13H2,1H3/t16-,17-/m1/s1. The van der Waals surface area contributed by atoms with Crippen LogP contribution in [0.3, 0.4) is 0 Å². The van der Waals surface area contributed by atoms with Crippen LogP contribution in [0, 0.1) is 0 Å². The van der Waals surface area contributed by atoms with E-state index >= 15 is 0 Å². The molecule has 1 aliphatic rings. The van der Waals surface area contributed by atoms with E-state index in [0.29, 0.717) is 13.1 Å². The summed E-state index contributed by atoms with van der Waals surface area (Å²) < 4.78 is 10.4. The van der Waals surface area contributed by atoms with Crippen molar-refractivity contribution < 1.29 is 14.6 Å². The first-order valence-corrected chi connectivity index (χ1v) is 7.79. The summed E-state index contributed by atoms with van der Waals surface area (Å²) in [5.41, 5.74) is 2.25. The lowest BCUT2D eigenvalue weighted by Crippen LogP contribution is -2.27. The summed E-state index contributed by atoms with van der Waals surface area (Å²) in [5, 5.41) is 10.1. The number of aromatic nitrogens is 1. The van der Waals surface area contributed by atoms with Gasteiger partial charge in [-0.3, -0.25) is 0 Å². The Kier molecular flexibility index (Phi) is 5.23. The number of anilines is 1. The average Bonchev–Trinajstić information content (AvgIpc) is 2.95. The highest BCUT2D eigenvalue weighted by atomic mass is 16.7. The van der Waals surface area contributed by atoms with E-state index in [1.807, 2.05) is 36.4 Å². The highest BCUT2D eigenvalue weighted by Gasteiger charge is 2.32. The summed E-state index contributed by atoms with van der Waals surface area (Å²) in [6.07, 6.45) is 0.0357. The lowest BCUT2D eigenvalue weighted by Gasteiger charge is -2.17. The van der Waals surface area contributed by atoms with Gasteiger partial charge in [-0.1, -0.05) is 36.4 Å². The lowest BCUT2D eigenvalue weighted by atomic mass is 10.1. The SMILES string of the molecule is COCO[C@@H]1CN(c2cccc(Cc3ccccc3)n2)C[C@H]1O. The second kappa shape index (κ2) is 7.55. The van der Waals surface area contributed by atoms with Crippen LogP contribution < -0.4 is 4.90 Å². The summed E-state index contributed by atoms with van der Waals surface area (Å²) in [6, 6.07) is 16.3. The van der Waals surface area contributed by atoms with E-state index < -0.39 is 6.10 Å². The Morgan fingerprint density at radius 3 is 2.74 bits per heavy atom. The van der Waals surface area contributed by atoms with Gasteiger partial charge in [0.25, 0.3) is 0 Å². The van der Waals surface area contributed by atoms with Gasteiger partial charge in [0.2, 0.25) is 0 Å². The van der Waals surface area contributed by atoms with Crippen molar-refractivity contribution in [2.24, 2.45) is 0 Å². The molecule has 0 unspecified atom stereocenters. The van der Waals surface area contributed by atoms with Crippen molar-refractivity contribution >= 4 is 5.82 Å². The molecule has 0 saturated carbocycles. The first kappa shape index (κ1) is 15.9. The van der Waals surface area contributed by atoms with E-state index in [2.05, 4.69) is 17.0 Å². The third-order valence-electron chi connectivity index (χ3n) is 3.98. The number of aliphatic hydroxyl groups is 1. The minimum absolute atomic E-state index is 0.192. The Balaban J connectivity index is 1.68. The number of β-amino-alcohol motifs (C(OH)–C–C–N with tert-alkyl or cyclic N) is 1. The van der Waals surface area contributed by atoms with Crippen LogP contribution >= 0.6 is 0 Å². The lowest BCUT2D eigenvalue weighted by molar-refractivity contribution is -0.0946. The molecule has 23 heavy (non-hydrogen) atoms. The molecule has 2 atom stereocenters. The summed E-state index contributed by atoms with van der Waals surface area (Å²) >= 11 is 0. The van der Waals surface area contributed by atoms with Gasteiger partial charge in [-0.25, -0.2) is 4.98 Å². The molecule has 3 rings (SSSR count). The summed E-state index contributed by atoms with van der Waals surface area (Å²) in [5.74, 6) is 0.876. The van der Waals surface area contributed by atoms with Crippen LogP contribution in [0.25, 0.3) is 0 Å². The predicted molar refractivity (Wildman–Crippen MR) is 88.5 cm³/mol. The van der Waals surface area contributed by atoms with Gasteiger partial charge in [-0.2, -0.15) is 0 Å². The van der Waals surface area contributed by atoms with Gasteiger partial charge >= 0.3 is 0 Å². The van der Waals surface area contributed by atoms with E-state index in [9.17, 15) is 5.11 Å². The molecule has 1 N–H and O–H groups in total. The van der Waals surface area contributed by atoms with Crippen molar-refractivity contribution in [3.8, 4) is 0 Å². The molecule has 1 fully saturated rings. The van der Waals surface area contributed by atoms with Gasteiger partial charge < -0.3 is 19.5 Å². The second-order valence-electron chi connectivity index (χ2n) is 5.73. The minimum Gasteiger partial charge on any atom is -0.388 e. The Morgan fingerprint density at radius 1 is 1.13 bits per heavy atom. The normalized spacial score (nSPS) is 20.9. The van der Waals surface area contributed by atoms with Crippen molar-refractivity contribution in [1.29, 1.82) is 0 Å². The minimum atomic E-state index is -0.523. The molecule has 0 amide bonds. The van der Waals surface area contributed by atoms with Crippen LogP contribution in [0.5, 0.6) is 0 Å². The number of benzene rings is 1. The van der Waals surface area contributed by atoms with Crippen LogP contribution in [-0.2, 0) is 15.9 Å². The number of hydrogen-bond acceptors (Lipinski definition) is 5. The van der Waals surface area contributed by atoms with E-state index in [4.69, 9.17) is 14.5 Å². The van der Waals surface area contributed by atoms with Gasteiger partial charge in [0, 0.05) is 32.3 Å². The Morgan fingerprint density at radius 2 is 1.96 bits per heavy atom. The smallest absolute Gasteiger partial charge is 0.146 e. The zero-order valence-corrected chi connectivity index (χ0v) is 13.3. The number of hydrogen-bond donors (Lipinski definition) is 1. The quantitative estimate of drug-likeness (QED) is 0.825. The van der Waals surface area contributed by atoms with E-state index in [1.165, 1.54) is 5.56 Å². The zero-order valence-electron chi connectivity index (χ0n) is 13.3. The summed E-state index contributed by atoms with van der Waals surface area (Å²) in [4.78, 5) is 6.78. The number of rotatable bonds is 6. The van der Waals surface area contributed by atoms with Crippen molar-refractivity contribution in [2.45, 2.75) is 18.6 Å². The third-order valence-corrected chi connectivity index (χ3v) is 3.98. The van der Waals surface area contributed by atoms with Crippen molar-refractivity contribution in [3.63, 3.8) is 0 Å². The van der Waals surface area contributed by atoms with Crippen LogP contribution in [0.15, 0.2) is 48.5 Å². The molecule has 2 heterocycles. The molecule has 0 spiro atoms. The molecule has 1 aliphatic heterocycles. The Hall–Kier alpha value is -1.95. The largest absolute Gasteiger partial charge is 0.388 e. The number of methoxy groups -OCH3 is 1. The molecule has 122 valence electrons. The molecular weight excluding hydrogens is 292 g/mol. The van der Waals surface area contributed by atoms with Crippen LogP contribution in [-0.4, -0.2) is 49.3 Å². The maximum atomic E-state index is 10.1. The maximum absolute atomic E-state index is 10.1. The topological polar surface area (TPSA) is 54.8 Å². The number of nitrogens with zero attached hydrogens (tertiary/aromatic N) is 2. The van der Waals surface area contributed by atoms with Crippen LogP contribution in [0.2, 0.25) is 0 Å². The molecule has 1 aromatic carbocycles. The third kappa shape index (κ3) is 4.07. The van der Waals surface area contributed by atoms with E-state index in [-0.39, 0.29) is 12.9 Å². The highest BCUT2D eigenvalue weighted by molar-refractivity contribution is 5.42. The Bertz CT molecular complexity index is 621. The molecule has 0 bridgehead atoms. The van der Waals surface area contributed by atoms with Crippen molar-refractivity contribution in [1.82, 2.24) is 4.98 Å². The van der Waals surface area contributed by atoms with E-state index in [0.717, 1.165) is 17.9 Å². The van der Waals surface area contributed by atoms with Gasteiger partial charge in [0.1, 0.15) is 18.7 Å². The molecule has 0 aliphatic carbocycles. The Labute approximate surface area is 136 Å². The van der Waals surface area contributed by atoms with Gasteiger partial charge in [-0.05, 0) is 17.7 Å². The van der Waals surface area contributed by atoms with E-state index in [1.54, 1.807) is 7.11 Å². The molecule has 1 saturated heterocycles. The highest BCUT2D eigenvalue weighted by Crippen LogP contribution is 2.21. The molecule has 2 aromatic rings. The fourth-order valence-electron chi connectivity index (χ4n) is 2.81. The maximum Gasteiger partial charge on any atom is 0.146 e. The average molecular weight is 314 g/mol. The predicted octanol–water partition coefficient (Wildman–Crippen LogP) is 1.84. The van der Waals surface area contributed by atoms with Crippen molar-refractivity contribution in [3.05, 3.63) is 59.8 Å².